The normalized spacial score (nSPS) is 15.2. The van der Waals surface area contributed by atoms with Crippen LogP contribution in [0.4, 0.5) is 0 Å². The number of esters is 1. The van der Waals surface area contributed by atoms with Gasteiger partial charge in [-0.25, -0.2) is 0 Å². The number of nitrogens with one attached hydrogen (secondary N) is 1. The van der Waals surface area contributed by atoms with Crippen LogP contribution in [-0.4, -0.2) is 49.7 Å². The van der Waals surface area contributed by atoms with Crippen LogP contribution in [0, 0.1) is 0 Å². The van der Waals surface area contributed by atoms with Gasteiger partial charge in [0, 0.05) is 12.6 Å². The van der Waals surface area contributed by atoms with Crippen LogP contribution in [0.3, 0.4) is 0 Å². The van der Waals surface area contributed by atoms with Gasteiger partial charge < -0.3 is 15.0 Å². The third-order valence-corrected chi connectivity index (χ3v) is 3.05. The average molecular weight is 230 g/mol. The molecule has 0 aliphatic heterocycles. The Kier molecular flexibility index (Phi) is 6.60. The van der Waals surface area contributed by atoms with Crippen molar-refractivity contribution in [2.45, 2.75) is 45.7 Å². The molecule has 0 amide bonds. The first-order valence-corrected chi connectivity index (χ1v) is 5.91. The summed E-state index contributed by atoms with van der Waals surface area (Å²) in [6, 6.07) is 0.489. The van der Waals surface area contributed by atoms with Gasteiger partial charge in [0.15, 0.2) is 0 Å². The minimum atomic E-state index is -0.577. The number of nitrogens with zero attached hydrogens (tertiary/aromatic N) is 1. The fraction of sp³-hybridized carbons (Fsp3) is 0.917. The molecular formula is C12H26N2O2. The number of carbonyl (C=O) groups excluding carboxylic acids is 1. The zero-order valence-electron chi connectivity index (χ0n) is 11.5. The van der Waals surface area contributed by atoms with Crippen molar-refractivity contribution in [3.8, 4) is 0 Å². The number of rotatable bonds is 7. The van der Waals surface area contributed by atoms with Gasteiger partial charge in [0.05, 0.1) is 7.11 Å². The molecule has 16 heavy (non-hydrogen) atoms. The Balaban J connectivity index is 4.38. The Labute approximate surface area is 99.3 Å². The second-order valence-corrected chi connectivity index (χ2v) is 4.68. The highest BCUT2D eigenvalue weighted by Crippen LogP contribution is 2.13. The molecule has 0 saturated carbocycles. The van der Waals surface area contributed by atoms with E-state index in [1.54, 1.807) is 0 Å². The quantitative estimate of drug-likeness (QED) is 0.669. The first-order valence-electron chi connectivity index (χ1n) is 5.91. The molecule has 0 radical (unpaired) electrons. The topological polar surface area (TPSA) is 41.6 Å². The molecule has 0 rings (SSSR count). The van der Waals surface area contributed by atoms with E-state index in [9.17, 15) is 4.79 Å². The van der Waals surface area contributed by atoms with Crippen molar-refractivity contribution >= 4 is 5.97 Å². The van der Waals surface area contributed by atoms with E-state index in [0.717, 1.165) is 19.5 Å². The molecule has 0 aliphatic carbocycles. The molecule has 0 aromatic carbocycles. The summed E-state index contributed by atoms with van der Waals surface area (Å²) in [5, 5.41) is 3.20. The average Bonchev–Trinajstić information content (AvgIpc) is 2.24. The van der Waals surface area contributed by atoms with E-state index >= 15 is 0 Å². The van der Waals surface area contributed by atoms with Gasteiger partial charge in [-0.05, 0) is 40.8 Å². The highest BCUT2D eigenvalue weighted by Gasteiger charge is 2.33. The van der Waals surface area contributed by atoms with Crippen LogP contribution in [0.2, 0.25) is 0 Å². The van der Waals surface area contributed by atoms with Crippen molar-refractivity contribution in [3.05, 3.63) is 0 Å². The summed E-state index contributed by atoms with van der Waals surface area (Å²) in [4.78, 5) is 13.9. The Morgan fingerprint density at radius 2 is 2.06 bits per heavy atom. The smallest absolute Gasteiger partial charge is 0.325 e. The Morgan fingerprint density at radius 3 is 2.44 bits per heavy atom. The van der Waals surface area contributed by atoms with Crippen LogP contribution in [0.25, 0.3) is 0 Å². The summed E-state index contributed by atoms with van der Waals surface area (Å²) in [6.45, 7) is 9.81. The minimum Gasteiger partial charge on any atom is -0.468 e. The zero-order valence-corrected chi connectivity index (χ0v) is 11.5. The Morgan fingerprint density at radius 1 is 1.50 bits per heavy atom. The largest absolute Gasteiger partial charge is 0.468 e. The van der Waals surface area contributed by atoms with Gasteiger partial charge in [-0.3, -0.25) is 4.79 Å². The van der Waals surface area contributed by atoms with Crippen LogP contribution in [0.1, 0.15) is 34.1 Å². The second kappa shape index (κ2) is 6.86. The number of hydrogen-bond donors (Lipinski definition) is 1. The number of methoxy groups -OCH3 is 1. The molecule has 0 aromatic heterocycles. The van der Waals surface area contributed by atoms with Gasteiger partial charge in [0.2, 0.25) is 0 Å². The van der Waals surface area contributed by atoms with Gasteiger partial charge in [-0.15, -0.1) is 0 Å². The molecule has 1 atom stereocenters. The highest BCUT2D eigenvalue weighted by molar-refractivity contribution is 5.80. The van der Waals surface area contributed by atoms with E-state index in [4.69, 9.17) is 4.74 Å². The van der Waals surface area contributed by atoms with E-state index in [1.807, 2.05) is 13.8 Å². The third kappa shape index (κ3) is 4.49. The van der Waals surface area contributed by atoms with Gasteiger partial charge in [0.1, 0.15) is 5.54 Å². The standard InChI is InChI=1S/C12H26N2O2/c1-7-13-12(4,11(15)16-6)8-9-14(5)10(2)3/h10,13H,7-9H2,1-6H3. The molecule has 0 bridgehead atoms. The van der Waals surface area contributed by atoms with Gasteiger partial charge >= 0.3 is 5.97 Å². The zero-order chi connectivity index (χ0) is 12.8. The van der Waals surface area contributed by atoms with Crippen molar-refractivity contribution in [2.75, 3.05) is 27.2 Å². The molecule has 1 unspecified atom stereocenters. The summed E-state index contributed by atoms with van der Waals surface area (Å²) >= 11 is 0. The predicted octanol–water partition coefficient (Wildman–Crippen LogP) is 1.26. The van der Waals surface area contributed by atoms with Crippen molar-refractivity contribution in [2.24, 2.45) is 0 Å². The van der Waals surface area contributed by atoms with E-state index in [0.29, 0.717) is 6.04 Å². The van der Waals surface area contributed by atoms with Crippen LogP contribution in [0.5, 0.6) is 0 Å². The van der Waals surface area contributed by atoms with E-state index < -0.39 is 5.54 Å². The summed E-state index contributed by atoms with van der Waals surface area (Å²) in [6.07, 6.45) is 0.752. The number of likely N-dealkylation sites (N-methyl/N-ethyl adjacent to an activating group) is 1. The van der Waals surface area contributed by atoms with E-state index in [1.165, 1.54) is 7.11 Å². The lowest BCUT2D eigenvalue weighted by Crippen LogP contribution is -2.52. The molecule has 0 aliphatic rings. The molecule has 0 fully saturated rings. The van der Waals surface area contributed by atoms with Crippen LogP contribution >= 0.6 is 0 Å². The second-order valence-electron chi connectivity index (χ2n) is 4.68. The third-order valence-electron chi connectivity index (χ3n) is 3.05. The van der Waals surface area contributed by atoms with Crippen molar-refractivity contribution in [3.63, 3.8) is 0 Å². The van der Waals surface area contributed by atoms with Gasteiger partial charge in [-0.2, -0.15) is 0 Å². The predicted molar refractivity (Wildman–Crippen MR) is 66.5 cm³/mol. The molecule has 0 saturated heterocycles. The number of ether oxygens (including phenoxy) is 1. The molecule has 96 valence electrons. The maximum Gasteiger partial charge on any atom is 0.325 e. The highest BCUT2D eigenvalue weighted by atomic mass is 16.5. The maximum absolute atomic E-state index is 11.7. The summed E-state index contributed by atoms with van der Waals surface area (Å²) in [5.74, 6) is -0.188. The summed E-state index contributed by atoms with van der Waals surface area (Å²) < 4.78 is 4.84. The lowest BCUT2D eigenvalue weighted by Gasteiger charge is -2.30. The first-order chi connectivity index (χ1) is 7.37. The maximum atomic E-state index is 11.7. The van der Waals surface area contributed by atoms with Crippen molar-refractivity contribution in [1.82, 2.24) is 10.2 Å². The molecule has 4 heteroatoms. The molecular weight excluding hydrogens is 204 g/mol. The molecule has 0 heterocycles. The number of carbonyl (C=O) groups is 1. The van der Waals surface area contributed by atoms with E-state index in [2.05, 4.69) is 31.1 Å². The number of hydrogen-bond acceptors (Lipinski definition) is 4. The Bertz CT molecular complexity index is 219. The lowest BCUT2D eigenvalue weighted by molar-refractivity contribution is -0.148. The molecule has 0 spiro atoms. The molecule has 0 aromatic rings. The molecule has 1 N–H and O–H groups in total. The summed E-state index contributed by atoms with van der Waals surface area (Å²) in [5.41, 5.74) is -0.577. The molecule has 4 nitrogen and oxygen atoms in total. The lowest BCUT2D eigenvalue weighted by atomic mass is 9.97. The fourth-order valence-corrected chi connectivity index (χ4v) is 1.54. The summed E-state index contributed by atoms with van der Waals surface area (Å²) in [7, 11) is 3.50. The van der Waals surface area contributed by atoms with Gasteiger partial charge in [-0.1, -0.05) is 6.92 Å². The Hall–Kier alpha value is -0.610. The van der Waals surface area contributed by atoms with E-state index in [-0.39, 0.29) is 5.97 Å². The minimum absolute atomic E-state index is 0.188. The SMILES string of the molecule is CCNC(C)(CCN(C)C(C)C)C(=O)OC. The van der Waals surface area contributed by atoms with Crippen molar-refractivity contribution < 1.29 is 9.53 Å². The van der Waals surface area contributed by atoms with Gasteiger partial charge in [0.25, 0.3) is 0 Å². The van der Waals surface area contributed by atoms with Crippen LogP contribution in [-0.2, 0) is 9.53 Å². The van der Waals surface area contributed by atoms with Crippen molar-refractivity contribution in [1.29, 1.82) is 0 Å². The monoisotopic (exact) mass is 230 g/mol. The van der Waals surface area contributed by atoms with Crippen LogP contribution < -0.4 is 5.32 Å². The van der Waals surface area contributed by atoms with Crippen LogP contribution in [0.15, 0.2) is 0 Å². The fourth-order valence-electron chi connectivity index (χ4n) is 1.54. The first kappa shape index (κ1) is 15.4.